The summed E-state index contributed by atoms with van der Waals surface area (Å²) in [6, 6.07) is 10.7. The van der Waals surface area contributed by atoms with Crippen LogP contribution in [-0.2, 0) is 21.0 Å². The number of Topliss-reactive ketones (excluding diaryl/α,β-unsaturated/α-hetero) is 2. The maximum atomic E-state index is 13.4. The number of halogens is 3. The van der Waals surface area contributed by atoms with E-state index in [2.05, 4.69) is 0 Å². The molecule has 38 heavy (non-hydrogen) atoms. The van der Waals surface area contributed by atoms with Gasteiger partial charge in [0.1, 0.15) is 6.61 Å². The van der Waals surface area contributed by atoms with E-state index in [1.165, 1.54) is 0 Å². The van der Waals surface area contributed by atoms with E-state index in [9.17, 15) is 19.5 Å². The van der Waals surface area contributed by atoms with Gasteiger partial charge >= 0.3 is 5.97 Å². The van der Waals surface area contributed by atoms with Crippen molar-refractivity contribution in [3.05, 3.63) is 85.1 Å². The van der Waals surface area contributed by atoms with E-state index in [4.69, 9.17) is 39.5 Å². The third-order valence-electron chi connectivity index (χ3n) is 7.26. The maximum absolute atomic E-state index is 13.4. The highest BCUT2D eigenvalue weighted by Crippen LogP contribution is 2.50. The lowest BCUT2D eigenvalue weighted by atomic mass is 9.71. The number of ketones is 2. The van der Waals surface area contributed by atoms with Crippen LogP contribution in [0.25, 0.3) is 0 Å². The highest BCUT2D eigenvalue weighted by atomic mass is 35.5. The molecule has 6 nitrogen and oxygen atoms in total. The van der Waals surface area contributed by atoms with E-state index in [1.54, 1.807) is 24.3 Å². The van der Waals surface area contributed by atoms with Crippen molar-refractivity contribution in [3.8, 4) is 5.75 Å². The van der Waals surface area contributed by atoms with Crippen LogP contribution < -0.4 is 4.74 Å². The van der Waals surface area contributed by atoms with Crippen molar-refractivity contribution in [1.29, 1.82) is 0 Å². The fraction of sp³-hybridized carbons (Fsp3) is 0.345. The highest BCUT2D eigenvalue weighted by Gasteiger charge is 2.43. The normalized spacial score (nSPS) is 18.0. The monoisotopic (exact) mass is 573 g/mol. The van der Waals surface area contributed by atoms with Crippen LogP contribution in [0.3, 0.4) is 0 Å². The summed E-state index contributed by atoms with van der Waals surface area (Å²) in [6.07, 6.45) is 3.32. The van der Waals surface area contributed by atoms with Gasteiger partial charge in [0, 0.05) is 52.9 Å². The Balaban J connectivity index is 1.57. The minimum atomic E-state index is -0.923. The topological polar surface area (TPSA) is 83.9 Å². The lowest BCUT2D eigenvalue weighted by molar-refractivity contribution is -0.137. The van der Waals surface area contributed by atoms with Gasteiger partial charge in [-0.05, 0) is 61.1 Å². The molecule has 5 rings (SSSR count). The van der Waals surface area contributed by atoms with Crippen molar-refractivity contribution in [3.63, 3.8) is 0 Å². The molecule has 0 spiro atoms. The average Bonchev–Trinajstić information content (AvgIpc) is 2.86. The maximum Gasteiger partial charge on any atom is 0.305 e. The fourth-order valence-corrected chi connectivity index (χ4v) is 6.52. The lowest BCUT2D eigenvalue weighted by Crippen LogP contribution is -2.39. The first-order valence-electron chi connectivity index (χ1n) is 12.6. The molecule has 0 amide bonds. The van der Waals surface area contributed by atoms with Crippen molar-refractivity contribution in [2.24, 2.45) is 0 Å². The third kappa shape index (κ3) is 5.22. The lowest BCUT2D eigenvalue weighted by Gasteiger charge is -2.44. The highest BCUT2D eigenvalue weighted by molar-refractivity contribution is 6.37. The van der Waals surface area contributed by atoms with E-state index >= 15 is 0 Å². The SMILES string of the molecule is O=C(O)CCN1C2=C(C(=O)CCC2)C(c2cc(Cl)c(OCc3cccc(Cl)c3)c(Cl)c2)C2=C1CCCC2=O. The van der Waals surface area contributed by atoms with Crippen molar-refractivity contribution in [2.75, 3.05) is 6.54 Å². The Kier molecular flexibility index (Phi) is 7.85. The summed E-state index contributed by atoms with van der Waals surface area (Å²) in [4.78, 5) is 40.1. The summed E-state index contributed by atoms with van der Waals surface area (Å²) < 4.78 is 5.93. The van der Waals surface area contributed by atoms with Gasteiger partial charge in [0.2, 0.25) is 0 Å². The number of ether oxygens (including phenoxy) is 1. The van der Waals surface area contributed by atoms with Crippen LogP contribution in [0.4, 0.5) is 0 Å². The molecule has 2 aromatic rings. The average molecular weight is 575 g/mol. The smallest absolute Gasteiger partial charge is 0.305 e. The van der Waals surface area contributed by atoms with Crippen molar-refractivity contribution in [2.45, 2.75) is 57.5 Å². The van der Waals surface area contributed by atoms with E-state index in [-0.39, 0.29) is 41.2 Å². The zero-order valence-electron chi connectivity index (χ0n) is 20.6. The molecular formula is C29H26Cl3NO5. The Bertz CT molecular complexity index is 1330. The number of carboxylic acids is 1. The molecule has 1 N–H and O–H groups in total. The summed E-state index contributed by atoms with van der Waals surface area (Å²) in [6.45, 7) is 0.432. The number of hydrogen-bond donors (Lipinski definition) is 1. The molecule has 1 aliphatic heterocycles. The minimum absolute atomic E-state index is 0.0324. The quantitative estimate of drug-likeness (QED) is 0.379. The summed E-state index contributed by atoms with van der Waals surface area (Å²) >= 11 is 19.4. The van der Waals surface area contributed by atoms with Gasteiger partial charge in [-0.1, -0.05) is 46.9 Å². The second-order valence-electron chi connectivity index (χ2n) is 9.73. The second-order valence-corrected chi connectivity index (χ2v) is 11.0. The Labute approximate surface area is 235 Å². The summed E-state index contributed by atoms with van der Waals surface area (Å²) in [5.74, 6) is -1.28. The first kappa shape index (κ1) is 26.8. The number of rotatable bonds is 7. The van der Waals surface area contributed by atoms with Crippen LogP contribution in [0.2, 0.25) is 15.1 Å². The predicted octanol–water partition coefficient (Wildman–Crippen LogP) is 7.11. The van der Waals surface area contributed by atoms with E-state index in [0.717, 1.165) is 17.0 Å². The molecule has 3 aliphatic rings. The van der Waals surface area contributed by atoms with Crippen molar-refractivity contribution < 1.29 is 24.2 Å². The largest absolute Gasteiger partial charge is 0.486 e. The zero-order chi connectivity index (χ0) is 27.0. The van der Waals surface area contributed by atoms with Crippen molar-refractivity contribution in [1.82, 2.24) is 4.90 Å². The number of carbonyl (C=O) groups excluding carboxylic acids is 2. The van der Waals surface area contributed by atoms with Gasteiger partial charge in [-0.3, -0.25) is 14.4 Å². The fourth-order valence-electron chi connectivity index (χ4n) is 5.69. The van der Waals surface area contributed by atoms with Gasteiger partial charge in [0.25, 0.3) is 0 Å². The Morgan fingerprint density at radius 3 is 2.08 bits per heavy atom. The molecule has 198 valence electrons. The molecule has 0 fully saturated rings. The number of carboxylic acid groups (broad SMARTS) is 1. The molecule has 9 heteroatoms. The molecule has 0 aromatic heterocycles. The van der Waals surface area contributed by atoms with Gasteiger partial charge in [-0.25, -0.2) is 0 Å². The first-order chi connectivity index (χ1) is 18.2. The number of carbonyl (C=O) groups is 3. The standard InChI is InChI=1S/C29H26Cl3NO5/c30-18-5-1-4-16(12-18)15-38-29-19(31)13-17(14-20(29)32)26-27-21(6-2-8-23(27)34)33(11-10-25(36)37)22-7-3-9-24(35)28(22)26/h1,4-5,12-14,26H,2-3,6-11,15H2,(H,36,37). The molecule has 0 unspecified atom stereocenters. The molecule has 0 radical (unpaired) electrons. The first-order valence-corrected chi connectivity index (χ1v) is 13.8. The van der Waals surface area contributed by atoms with Gasteiger partial charge < -0.3 is 14.7 Å². The summed E-state index contributed by atoms with van der Waals surface area (Å²) in [7, 11) is 0. The van der Waals surface area contributed by atoms with Crippen LogP contribution in [0, 0.1) is 0 Å². The number of nitrogens with zero attached hydrogens (tertiary/aromatic N) is 1. The molecular weight excluding hydrogens is 549 g/mol. The van der Waals surface area contributed by atoms with Gasteiger partial charge in [-0.15, -0.1) is 0 Å². The summed E-state index contributed by atoms with van der Waals surface area (Å²) in [5.41, 5.74) is 4.24. The van der Waals surface area contributed by atoms with Gasteiger partial charge in [0.15, 0.2) is 17.3 Å². The number of hydrogen-bond acceptors (Lipinski definition) is 5. The minimum Gasteiger partial charge on any atom is -0.486 e. The second kappa shape index (κ2) is 11.1. The van der Waals surface area contributed by atoms with E-state index in [1.807, 2.05) is 17.0 Å². The zero-order valence-corrected chi connectivity index (χ0v) is 22.8. The molecule has 2 aromatic carbocycles. The van der Waals surface area contributed by atoms with Gasteiger partial charge in [0.05, 0.1) is 16.5 Å². The van der Waals surface area contributed by atoms with Crippen LogP contribution in [0.15, 0.2) is 58.9 Å². The predicted molar refractivity (Wildman–Crippen MR) is 146 cm³/mol. The molecule has 0 saturated carbocycles. The molecule has 0 saturated heterocycles. The van der Waals surface area contributed by atoms with E-state index < -0.39 is 11.9 Å². The van der Waals surface area contributed by atoms with Crippen LogP contribution >= 0.6 is 34.8 Å². The van der Waals surface area contributed by atoms with Crippen LogP contribution in [-0.4, -0.2) is 34.1 Å². The Morgan fingerprint density at radius 2 is 1.53 bits per heavy atom. The number of aliphatic carboxylic acids is 1. The third-order valence-corrected chi connectivity index (χ3v) is 8.06. The Morgan fingerprint density at radius 1 is 0.921 bits per heavy atom. The van der Waals surface area contributed by atoms with Gasteiger partial charge in [-0.2, -0.15) is 0 Å². The van der Waals surface area contributed by atoms with Crippen LogP contribution in [0.5, 0.6) is 5.75 Å². The van der Waals surface area contributed by atoms with Crippen molar-refractivity contribution >= 4 is 52.3 Å². The summed E-state index contributed by atoms with van der Waals surface area (Å²) in [5, 5.41) is 10.5. The molecule has 0 bridgehead atoms. The molecule has 0 atom stereocenters. The molecule has 1 heterocycles. The van der Waals surface area contributed by atoms with E-state index in [0.29, 0.717) is 66.0 Å². The number of allylic oxidation sites excluding steroid dienone is 4. The number of benzene rings is 2. The van der Waals surface area contributed by atoms with Crippen LogP contribution in [0.1, 0.15) is 62.0 Å². The molecule has 2 aliphatic carbocycles. The Hall–Kier alpha value is -2.80.